The lowest BCUT2D eigenvalue weighted by atomic mass is 9.94. The molecule has 0 aromatic carbocycles. The summed E-state index contributed by atoms with van der Waals surface area (Å²) in [4.78, 5) is 45.3. The number of rotatable bonds is 3. The Morgan fingerprint density at radius 3 is 2.45 bits per heavy atom. The zero-order chi connectivity index (χ0) is 23.8. The molecule has 1 aliphatic carbocycles. The van der Waals surface area contributed by atoms with Crippen molar-refractivity contribution in [2.75, 3.05) is 36.4 Å². The molecule has 0 unspecified atom stereocenters. The van der Waals surface area contributed by atoms with Crippen LogP contribution in [0.5, 0.6) is 0 Å². The highest BCUT2D eigenvalue weighted by Crippen LogP contribution is 2.30. The van der Waals surface area contributed by atoms with Gasteiger partial charge in [-0.05, 0) is 46.2 Å². The summed E-state index contributed by atoms with van der Waals surface area (Å²) in [5, 5.41) is 2.75. The SMILES string of the molecule is Cc1c(C(=O)Nc2ccc(N3CCN(C(=O)OC(C)(C)C)CC3)cn2)oc2c1C(=O)CCC2. The van der Waals surface area contributed by atoms with E-state index in [1.807, 2.05) is 26.8 Å². The molecule has 3 heterocycles. The normalized spacial score (nSPS) is 16.4. The third-order valence-electron chi connectivity index (χ3n) is 5.80. The summed E-state index contributed by atoms with van der Waals surface area (Å²) >= 11 is 0. The lowest BCUT2D eigenvalue weighted by molar-refractivity contribution is 0.0240. The molecule has 2 aliphatic rings. The Morgan fingerprint density at radius 1 is 1.12 bits per heavy atom. The first kappa shape index (κ1) is 22.8. The van der Waals surface area contributed by atoms with Crippen LogP contribution in [-0.2, 0) is 11.2 Å². The molecule has 4 rings (SSSR count). The Balaban J connectivity index is 1.35. The predicted molar refractivity (Wildman–Crippen MR) is 123 cm³/mol. The fraction of sp³-hybridized carbons (Fsp3) is 0.500. The number of furan rings is 1. The zero-order valence-electron chi connectivity index (χ0n) is 19.6. The molecule has 1 fully saturated rings. The van der Waals surface area contributed by atoms with Gasteiger partial charge < -0.3 is 24.3 Å². The van der Waals surface area contributed by atoms with Gasteiger partial charge in [-0.2, -0.15) is 0 Å². The first-order valence-electron chi connectivity index (χ1n) is 11.3. The summed E-state index contributed by atoms with van der Waals surface area (Å²) < 4.78 is 11.1. The molecule has 0 radical (unpaired) electrons. The second kappa shape index (κ2) is 8.88. The highest BCUT2D eigenvalue weighted by atomic mass is 16.6. The van der Waals surface area contributed by atoms with Crippen LogP contribution in [0.2, 0.25) is 0 Å². The average molecular weight is 455 g/mol. The maximum atomic E-state index is 12.7. The summed E-state index contributed by atoms with van der Waals surface area (Å²) in [7, 11) is 0. The van der Waals surface area contributed by atoms with Crippen molar-refractivity contribution in [3.8, 4) is 0 Å². The van der Waals surface area contributed by atoms with Crippen molar-refractivity contribution < 1.29 is 23.5 Å². The molecular weight excluding hydrogens is 424 g/mol. The van der Waals surface area contributed by atoms with E-state index < -0.39 is 11.5 Å². The van der Waals surface area contributed by atoms with Gasteiger partial charge in [-0.3, -0.25) is 9.59 Å². The van der Waals surface area contributed by atoms with Crippen LogP contribution in [-0.4, -0.2) is 59.4 Å². The molecule has 0 spiro atoms. The van der Waals surface area contributed by atoms with Gasteiger partial charge in [0.05, 0.1) is 17.4 Å². The maximum Gasteiger partial charge on any atom is 0.410 e. The van der Waals surface area contributed by atoms with Gasteiger partial charge in [0.15, 0.2) is 11.5 Å². The van der Waals surface area contributed by atoms with Gasteiger partial charge in [0.1, 0.15) is 17.2 Å². The van der Waals surface area contributed by atoms with E-state index in [9.17, 15) is 14.4 Å². The molecular formula is C24H30N4O5. The van der Waals surface area contributed by atoms with E-state index >= 15 is 0 Å². The molecule has 2 aromatic heterocycles. The van der Waals surface area contributed by atoms with Gasteiger partial charge in [-0.25, -0.2) is 9.78 Å². The summed E-state index contributed by atoms with van der Waals surface area (Å²) in [6.45, 7) is 9.77. The number of hydrogen-bond donors (Lipinski definition) is 1. The second-order valence-electron chi connectivity index (χ2n) is 9.44. The Morgan fingerprint density at radius 2 is 1.85 bits per heavy atom. The third-order valence-corrected chi connectivity index (χ3v) is 5.80. The zero-order valence-corrected chi connectivity index (χ0v) is 19.6. The summed E-state index contributed by atoms with van der Waals surface area (Å²) in [6.07, 6.45) is 3.30. The highest BCUT2D eigenvalue weighted by molar-refractivity contribution is 6.07. The Bertz CT molecular complexity index is 1060. The van der Waals surface area contributed by atoms with Crippen molar-refractivity contribution in [3.63, 3.8) is 0 Å². The van der Waals surface area contributed by atoms with E-state index in [0.29, 0.717) is 61.7 Å². The summed E-state index contributed by atoms with van der Waals surface area (Å²) in [6, 6.07) is 3.62. The van der Waals surface area contributed by atoms with E-state index in [4.69, 9.17) is 9.15 Å². The van der Waals surface area contributed by atoms with Crippen LogP contribution in [0, 0.1) is 6.92 Å². The molecule has 176 valence electrons. The minimum absolute atomic E-state index is 0.0331. The second-order valence-corrected chi connectivity index (χ2v) is 9.44. The smallest absolute Gasteiger partial charge is 0.410 e. The molecule has 0 atom stereocenters. The van der Waals surface area contributed by atoms with E-state index in [0.717, 1.165) is 12.1 Å². The van der Waals surface area contributed by atoms with E-state index in [1.165, 1.54) is 0 Å². The lowest BCUT2D eigenvalue weighted by Gasteiger charge is -2.36. The van der Waals surface area contributed by atoms with Gasteiger partial charge >= 0.3 is 6.09 Å². The number of pyridine rings is 1. The number of carbonyl (C=O) groups is 3. The molecule has 9 nitrogen and oxygen atoms in total. The number of piperazine rings is 1. The van der Waals surface area contributed by atoms with Crippen LogP contribution in [0.4, 0.5) is 16.3 Å². The van der Waals surface area contributed by atoms with Crippen molar-refractivity contribution >= 4 is 29.3 Å². The molecule has 9 heteroatoms. The fourth-order valence-electron chi connectivity index (χ4n) is 4.16. The lowest BCUT2D eigenvalue weighted by Crippen LogP contribution is -2.50. The topological polar surface area (TPSA) is 105 Å². The van der Waals surface area contributed by atoms with E-state index in [1.54, 1.807) is 24.1 Å². The molecule has 2 amide bonds. The first-order chi connectivity index (χ1) is 15.6. The van der Waals surface area contributed by atoms with Crippen LogP contribution in [0.3, 0.4) is 0 Å². The third kappa shape index (κ3) is 5.02. The number of carbonyl (C=O) groups excluding carboxylic acids is 3. The van der Waals surface area contributed by atoms with Crippen LogP contribution in [0.15, 0.2) is 22.7 Å². The van der Waals surface area contributed by atoms with E-state index in [2.05, 4.69) is 15.2 Å². The number of aromatic nitrogens is 1. The quantitative estimate of drug-likeness (QED) is 0.752. The maximum absolute atomic E-state index is 12.7. The standard InChI is InChI=1S/C24H30N4O5/c1-15-20-17(29)6-5-7-18(20)32-21(15)22(30)26-19-9-8-16(14-25-19)27-10-12-28(13-11-27)23(31)33-24(2,3)4/h8-9,14H,5-7,10-13H2,1-4H3,(H,25,26,30). The number of amides is 2. The van der Waals surface area contributed by atoms with Crippen molar-refractivity contribution in [3.05, 3.63) is 41.0 Å². The van der Waals surface area contributed by atoms with Gasteiger partial charge in [-0.1, -0.05) is 0 Å². The number of ketones is 1. The number of hydrogen-bond acceptors (Lipinski definition) is 7. The molecule has 0 saturated carbocycles. The largest absolute Gasteiger partial charge is 0.455 e. The van der Waals surface area contributed by atoms with Crippen molar-refractivity contribution in [1.82, 2.24) is 9.88 Å². The minimum atomic E-state index is -0.512. The number of fused-ring (bicyclic) bond motifs is 1. The molecule has 1 N–H and O–H groups in total. The fourth-order valence-corrected chi connectivity index (χ4v) is 4.16. The average Bonchev–Trinajstić information content (AvgIpc) is 3.11. The molecule has 33 heavy (non-hydrogen) atoms. The number of ether oxygens (including phenoxy) is 1. The Kier molecular flexibility index (Phi) is 6.14. The number of nitrogens with one attached hydrogen (secondary N) is 1. The summed E-state index contributed by atoms with van der Waals surface area (Å²) in [5.74, 6) is 0.782. The van der Waals surface area contributed by atoms with Crippen molar-refractivity contribution in [2.45, 2.75) is 52.6 Å². The van der Waals surface area contributed by atoms with Crippen LogP contribution in [0.1, 0.15) is 65.8 Å². The van der Waals surface area contributed by atoms with Gasteiger partial charge in [0, 0.05) is 44.6 Å². The van der Waals surface area contributed by atoms with Gasteiger partial charge in [0.25, 0.3) is 5.91 Å². The Hall–Kier alpha value is -3.36. The number of Topliss-reactive ketones (excluding diaryl/α,β-unsaturated/α-hetero) is 1. The first-order valence-corrected chi connectivity index (χ1v) is 11.3. The number of aryl methyl sites for hydroxylation is 1. The molecule has 0 bridgehead atoms. The van der Waals surface area contributed by atoms with Crippen LogP contribution in [0.25, 0.3) is 0 Å². The van der Waals surface area contributed by atoms with E-state index in [-0.39, 0.29) is 17.6 Å². The Labute approximate surface area is 193 Å². The van der Waals surface area contributed by atoms with Gasteiger partial charge in [-0.15, -0.1) is 0 Å². The predicted octanol–water partition coefficient (Wildman–Crippen LogP) is 3.81. The van der Waals surface area contributed by atoms with Crippen LogP contribution < -0.4 is 10.2 Å². The summed E-state index contributed by atoms with van der Waals surface area (Å²) in [5.41, 5.74) is 1.54. The van der Waals surface area contributed by atoms with Crippen molar-refractivity contribution in [2.24, 2.45) is 0 Å². The van der Waals surface area contributed by atoms with Gasteiger partial charge in [0.2, 0.25) is 0 Å². The molecule has 1 saturated heterocycles. The highest BCUT2D eigenvalue weighted by Gasteiger charge is 2.29. The molecule has 1 aliphatic heterocycles. The number of anilines is 2. The van der Waals surface area contributed by atoms with Crippen LogP contribution >= 0.6 is 0 Å². The molecule has 2 aromatic rings. The minimum Gasteiger partial charge on any atom is -0.455 e. The van der Waals surface area contributed by atoms with Crippen molar-refractivity contribution in [1.29, 1.82) is 0 Å². The number of nitrogens with zero attached hydrogens (tertiary/aromatic N) is 3. The monoisotopic (exact) mass is 454 g/mol.